The van der Waals surface area contributed by atoms with Gasteiger partial charge in [-0.2, -0.15) is 11.8 Å². The second kappa shape index (κ2) is 11.9. The topological polar surface area (TPSA) is 12.9 Å². The zero-order valence-electron chi connectivity index (χ0n) is 23.7. The van der Waals surface area contributed by atoms with Crippen LogP contribution in [0.1, 0.15) is 86.6 Å². The molecule has 39 heavy (non-hydrogen) atoms. The van der Waals surface area contributed by atoms with E-state index in [0.717, 1.165) is 29.4 Å². The van der Waals surface area contributed by atoms with Crippen molar-refractivity contribution in [2.24, 2.45) is 5.41 Å². The van der Waals surface area contributed by atoms with Crippen LogP contribution in [0.5, 0.6) is 0 Å². The van der Waals surface area contributed by atoms with Crippen molar-refractivity contribution in [2.45, 2.75) is 70.5 Å². The van der Waals surface area contributed by atoms with E-state index < -0.39 is 0 Å². The van der Waals surface area contributed by atoms with Gasteiger partial charge in [0.25, 0.3) is 0 Å². The molecular formula is C36H40ClNS. The third kappa shape index (κ3) is 7.16. The SMILES string of the molecule is CCC1(CS[C@H](CCc2ccccc2C(C)(C)C)c2cccc(/C=C/c3ccc4ccc(Cl)cc4n3)c2)CC1. The van der Waals surface area contributed by atoms with Crippen molar-refractivity contribution in [1.82, 2.24) is 4.98 Å². The molecule has 0 bridgehead atoms. The van der Waals surface area contributed by atoms with Crippen LogP contribution in [0.3, 0.4) is 0 Å². The number of rotatable bonds is 10. The molecule has 3 heteroatoms. The summed E-state index contributed by atoms with van der Waals surface area (Å²) in [5, 5.41) is 2.30. The highest BCUT2D eigenvalue weighted by Crippen LogP contribution is 2.53. The third-order valence-corrected chi connectivity index (χ3v) is 10.1. The van der Waals surface area contributed by atoms with E-state index in [1.54, 1.807) is 0 Å². The Morgan fingerprint density at radius 1 is 0.949 bits per heavy atom. The lowest BCUT2D eigenvalue weighted by Crippen LogP contribution is -2.14. The second-order valence-corrected chi connectivity index (χ2v) is 13.8. The highest BCUT2D eigenvalue weighted by Gasteiger charge is 2.40. The molecule has 5 rings (SSSR count). The van der Waals surface area contributed by atoms with E-state index >= 15 is 0 Å². The number of aryl methyl sites for hydroxylation is 1. The number of thioether (sulfide) groups is 1. The number of benzene rings is 3. The van der Waals surface area contributed by atoms with Crippen LogP contribution in [0.4, 0.5) is 0 Å². The number of halogens is 1. The maximum atomic E-state index is 6.19. The summed E-state index contributed by atoms with van der Waals surface area (Å²) in [4.78, 5) is 4.80. The lowest BCUT2D eigenvalue weighted by molar-refractivity contribution is 0.560. The van der Waals surface area contributed by atoms with Crippen molar-refractivity contribution in [3.8, 4) is 0 Å². The third-order valence-electron chi connectivity index (χ3n) is 8.20. The molecule has 1 nitrogen and oxygen atoms in total. The lowest BCUT2D eigenvalue weighted by Gasteiger charge is -2.25. The normalized spacial score (nSPS) is 15.6. The average molecular weight is 554 g/mol. The predicted molar refractivity (Wildman–Crippen MR) is 173 cm³/mol. The minimum absolute atomic E-state index is 0.159. The first kappa shape index (κ1) is 28.0. The van der Waals surface area contributed by atoms with Crippen LogP contribution in [0.15, 0.2) is 78.9 Å². The van der Waals surface area contributed by atoms with E-state index in [2.05, 4.69) is 112 Å². The number of nitrogens with zero attached hydrogens (tertiary/aromatic N) is 1. The van der Waals surface area contributed by atoms with E-state index in [1.165, 1.54) is 47.3 Å². The van der Waals surface area contributed by atoms with E-state index in [1.807, 2.05) is 18.2 Å². The van der Waals surface area contributed by atoms with Gasteiger partial charge in [0.15, 0.2) is 0 Å². The molecule has 1 fully saturated rings. The van der Waals surface area contributed by atoms with Gasteiger partial charge in [-0.15, -0.1) is 0 Å². The summed E-state index contributed by atoms with van der Waals surface area (Å²) in [5.74, 6) is 1.26. The standard InChI is InChI=1S/C36H40ClNS/c1-5-36(21-22-36)25-39-34(20-16-27-10-6-7-12-32(27)35(2,3)4)29-11-8-9-26(23-29)13-18-31-19-15-28-14-17-30(37)24-33(28)38-31/h6-15,17-19,23-24,34H,5,16,20-22,25H2,1-4H3/b18-13+/t34-/m1/s1. The predicted octanol–water partition coefficient (Wildman–Crippen LogP) is 11.0. The largest absolute Gasteiger partial charge is 0.248 e. The van der Waals surface area contributed by atoms with Crippen molar-refractivity contribution in [3.05, 3.63) is 112 Å². The van der Waals surface area contributed by atoms with Crippen LogP contribution in [0.25, 0.3) is 23.1 Å². The summed E-state index contributed by atoms with van der Waals surface area (Å²) in [5.41, 5.74) is 8.22. The van der Waals surface area contributed by atoms with Crippen molar-refractivity contribution in [3.63, 3.8) is 0 Å². The van der Waals surface area contributed by atoms with Gasteiger partial charge in [0, 0.05) is 15.7 Å². The van der Waals surface area contributed by atoms with E-state index in [9.17, 15) is 0 Å². The Morgan fingerprint density at radius 3 is 2.51 bits per heavy atom. The monoisotopic (exact) mass is 553 g/mol. The minimum atomic E-state index is 0.159. The molecule has 3 aromatic carbocycles. The van der Waals surface area contributed by atoms with Crippen molar-refractivity contribution < 1.29 is 0 Å². The molecule has 0 amide bonds. The summed E-state index contributed by atoms with van der Waals surface area (Å²) < 4.78 is 0. The molecule has 4 aromatic rings. The molecule has 1 atom stereocenters. The van der Waals surface area contributed by atoms with Gasteiger partial charge in [0.05, 0.1) is 11.2 Å². The first-order chi connectivity index (χ1) is 18.7. The fourth-order valence-electron chi connectivity index (χ4n) is 5.40. The first-order valence-electron chi connectivity index (χ1n) is 14.3. The van der Waals surface area contributed by atoms with Gasteiger partial charge < -0.3 is 0 Å². The summed E-state index contributed by atoms with van der Waals surface area (Å²) in [6, 6.07) is 28.2. The van der Waals surface area contributed by atoms with E-state index in [-0.39, 0.29) is 5.41 Å². The van der Waals surface area contributed by atoms with Crippen LogP contribution < -0.4 is 0 Å². The molecule has 0 spiro atoms. The summed E-state index contributed by atoms with van der Waals surface area (Å²) in [6.45, 7) is 9.34. The molecule has 1 aliphatic carbocycles. The summed E-state index contributed by atoms with van der Waals surface area (Å²) in [6.07, 6.45) is 10.6. The fourth-order valence-corrected chi connectivity index (χ4v) is 7.24. The van der Waals surface area contributed by atoms with Crippen molar-refractivity contribution >= 4 is 46.4 Å². The Labute approximate surface area is 244 Å². The fraction of sp³-hybridized carbons (Fsp3) is 0.361. The molecule has 0 unspecified atom stereocenters. The molecule has 1 saturated carbocycles. The molecule has 0 radical (unpaired) electrons. The zero-order chi connectivity index (χ0) is 27.5. The highest BCUT2D eigenvalue weighted by molar-refractivity contribution is 7.99. The maximum absolute atomic E-state index is 6.19. The maximum Gasteiger partial charge on any atom is 0.0724 e. The molecule has 0 aliphatic heterocycles. The van der Waals surface area contributed by atoms with Crippen LogP contribution in [-0.4, -0.2) is 10.7 Å². The number of fused-ring (bicyclic) bond motifs is 1. The van der Waals surface area contributed by atoms with Gasteiger partial charge in [-0.25, -0.2) is 4.98 Å². The quantitative estimate of drug-likeness (QED) is 0.194. The Balaban J connectivity index is 1.36. The molecule has 202 valence electrons. The van der Waals surface area contributed by atoms with Gasteiger partial charge in [-0.05, 0) is 95.2 Å². The Hall–Kier alpha value is -2.55. The molecule has 1 aliphatic rings. The molecule has 1 aromatic heterocycles. The van der Waals surface area contributed by atoms with Crippen LogP contribution in [0.2, 0.25) is 5.02 Å². The van der Waals surface area contributed by atoms with Gasteiger partial charge in [0.2, 0.25) is 0 Å². The van der Waals surface area contributed by atoms with E-state index in [4.69, 9.17) is 16.6 Å². The number of hydrogen-bond acceptors (Lipinski definition) is 2. The number of pyridine rings is 1. The van der Waals surface area contributed by atoms with Gasteiger partial charge in [0.1, 0.15) is 0 Å². The van der Waals surface area contributed by atoms with Gasteiger partial charge in [-0.3, -0.25) is 0 Å². The Kier molecular flexibility index (Phi) is 8.55. The Morgan fingerprint density at radius 2 is 1.74 bits per heavy atom. The van der Waals surface area contributed by atoms with Crippen LogP contribution in [-0.2, 0) is 11.8 Å². The molecular weight excluding hydrogens is 514 g/mol. The van der Waals surface area contributed by atoms with Gasteiger partial charge >= 0.3 is 0 Å². The van der Waals surface area contributed by atoms with Crippen molar-refractivity contribution in [1.29, 1.82) is 0 Å². The highest BCUT2D eigenvalue weighted by atomic mass is 35.5. The van der Waals surface area contributed by atoms with Crippen LogP contribution >= 0.6 is 23.4 Å². The average Bonchev–Trinajstić information content (AvgIpc) is 3.72. The Bertz CT molecular complexity index is 1460. The summed E-state index contributed by atoms with van der Waals surface area (Å²) >= 11 is 8.37. The van der Waals surface area contributed by atoms with E-state index in [0.29, 0.717) is 15.7 Å². The van der Waals surface area contributed by atoms with Crippen LogP contribution in [0, 0.1) is 5.41 Å². The first-order valence-corrected chi connectivity index (χ1v) is 15.7. The smallest absolute Gasteiger partial charge is 0.0724 e. The van der Waals surface area contributed by atoms with Gasteiger partial charge in [-0.1, -0.05) is 106 Å². The number of aromatic nitrogens is 1. The molecule has 1 heterocycles. The van der Waals surface area contributed by atoms with Crippen molar-refractivity contribution in [2.75, 3.05) is 5.75 Å². The minimum Gasteiger partial charge on any atom is -0.248 e. The second-order valence-electron chi connectivity index (χ2n) is 12.2. The molecule has 0 N–H and O–H groups in total. The lowest BCUT2D eigenvalue weighted by atomic mass is 9.82. The molecule has 0 saturated heterocycles. The zero-order valence-corrected chi connectivity index (χ0v) is 25.3. The number of hydrogen-bond donors (Lipinski definition) is 0. The summed E-state index contributed by atoms with van der Waals surface area (Å²) in [7, 11) is 0.